The molecule has 148 valence electrons. The first-order valence-electron chi connectivity index (χ1n) is 9.28. The van der Waals surface area contributed by atoms with Gasteiger partial charge in [-0.2, -0.15) is 4.31 Å². The van der Waals surface area contributed by atoms with E-state index in [4.69, 9.17) is 0 Å². The fourth-order valence-electron chi connectivity index (χ4n) is 3.69. The summed E-state index contributed by atoms with van der Waals surface area (Å²) in [5.74, 6) is 0.173. The molecule has 1 aromatic heterocycles. The van der Waals surface area contributed by atoms with Gasteiger partial charge in [0, 0.05) is 36.6 Å². The van der Waals surface area contributed by atoms with Gasteiger partial charge in [0.1, 0.15) is 5.82 Å². The van der Waals surface area contributed by atoms with Crippen molar-refractivity contribution in [2.24, 2.45) is 0 Å². The lowest BCUT2D eigenvalue weighted by Crippen LogP contribution is -2.41. The van der Waals surface area contributed by atoms with E-state index in [0.29, 0.717) is 35.7 Å². The Hall–Kier alpha value is -2.49. The van der Waals surface area contributed by atoms with Crippen LogP contribution in [0.1, 0.15) is 30.4 Å². The van der Waals surface area contributed by atoms with Crippen LogP contribution in [-0.4, -0.2) is 54.3 Å². The van der Waals surface area contributed by atoms with E-state index in [1.54, 1.807) is 30.5 Å². The minimum absolute atomic E-state index is 0.145. The Morgan fingerprint density at radius 2 is 2.14 bits per heavy atom. The number of nitrogens with zero attached hydrogens (tertiary/aromatic N) is 2. The lowest BCUT2D eigenvalue weighted by Gasteiger charge is -2.26. The van der Waals surface area contributed by atoms with E-state index >= 15 is 0 Å². The second-order valence-corrected chi connectivity index (χ2v) is 9.02. The highest BCUT2D eigenvalue weighted by atomic mass is 32.2. The van der Waals surface area contributed by atoms with Gasteiger partial charge in [0.2, 0.25) is 10.0 Å². The number of hydrogen-bond acceptors (Lipinski definition) is 5. The van der Waals surface area contributed by atoms with Crippen LogP contribution in [-0.2, 0) is 14.8 Å². The molecule has 1 atom stereocenters. The quantitative estimate of drug-likeness (QED) is 0.677. The van der Waals surface area contributed by atoms with Crippen LogP contribution in [0.25, 0.3) is 11.6 Å². The van der Waals surface area contributed by atoms with E-state index in [9.17, 15) is 13.2 Å². The van der Waals surface area contributed by atoms with Crippen LogP contribution < -0.4 is 10.6 Å². The molecule has 1 unspecified atom stereocenters. The molecule has 0 radical (unpaired) electrons. The first kappa shape index (κ1) is 18.9. The average molecular weight is 401 g/mol. The molecule has 3 N–H and O–H groups in total. The van der Waals surface area contributed by atoms with Gasteiger partial charge in [-0.1, -0.05) is 6.07 Å². The first-order chi connectivity index (χ1) is 13.4. The van der Waals surface area contributed by atoms with Crippen molar-refractivity contribution in [2.75, 3.05) is 25.0 Å². The summed E-state index contributed by atoms with van der Waals surface area (Å²) in [5, 5.41) is 6.03. The molecule has 0 bridgehead atoms. The molecule has 9 heteroatoms. The topological polar surface area (TPSA) is 107 Å². The minimum atomic E-state index is -3.77. The summed E-state index contributed by atoms with van der Waals surface area (Å²) >= 11 is 0. The number of benzene rings is 1. The van der Waals surface area contributed by atoms with Crippen molar-refractivity contribution in [3.63, 3.8) is 0 Å². The second-order valence-electron chi connectivity index (χ2n) is 7.16. The van der Waals surface area contributed by atoms with Crippen LogP contribution in [0, 0.1) is 6.92 Å². The van der Waals surface area contributed by atoms with Crippen molar-refractivity contribution in [2.45, 2.75) is 31.2 Å². The van der Waals surface area contributed by atoms with Crippen molar-refractivity contribution in [3.05, 3.63) is 41.5 Å². The minimum Gasteiger partial charge on any atom is -0.343 e. The highest BCUT2D eigenvalue weighted by Crippen LogP contribution is 2.39. The van der Waals surface area contributed by atoms with Crippen LogP contribution >= 0.6 is 0 Å². The molecule has 0 spiro atoms. The zero-order valence-corrected chi connectivity index (χ0v) is 16.6. The molecule has 2 aliphatic heterocycles. The molecule has 1 saturated heterocycles. The number of nitrogens with one attached hydrogen (secondary N) is 3. The normalized spacial score (nSPS) is 22.1. The molecule has 2 aliphatic rings. The van der Waals surface area contributed by atoms with E-state index in [1.165, 1.54) is 4.31 Å². The van der Waals surface area contributed by atoms with Gasteiger partial charge < -0.3 is 15.6 Å². The Morgan fingerprint density at radius 3 is 2.89 bits per heavy atom. The first-order valence-corrected chi connectivity index (χ1v) is 10.7. The van der Waals surface area contributed by atoms with Crippen molar-refractivity contribution in [1.82, 2.24) is 19.6 Å². The molecule has 4 rings (SSSR count). The lowest BCUT2D eigenvalue weighted by atomic mass is 10.1. The number of aryl methyl sites for hydroxylation is 1. The van der Waals surface area contributed by atoms with E-state index < -0.39 is 10.0 Å². The van der Waals surface area contributed by atoms with Crippen LogP contribution in [0.2, 0.25) is 0 Å². The number of sulfonamides is 1. The number of rotatable bonds is 3. The summed E-state index contributed by atoms with van der Waals surface area (Å²) in [7, 11) is -3.77. The van der Waals surface area contributed by atoms with E-state index in [1.807, 2.05) is 13.8 Å². The highest BCUT2D eigenvalue weighted by molar-refractivity contribution is 7.89. The number of hydrogen-bond donors (Lipinski definition) is 3. The van der Waals surface area contributed by atoms with Crippen LogP contribution in [0.4, 0.5) is 5.69 Å². The number of carbonyl (C=O) groups excluding carboxylic acids is 1. The maximum Gasteiger partial charge on any atom is 0.256 e. The molecule has 0 saturated carbocycles. The predicted octanol–water partition coefficient (Wildman–Crippen LogP) is 1.58. The molecule has 8 nitrogen and oxygen atoms in total. The average Bonchev–Trinajstić information content (AvgIpc) is 3.11. The summed E-state index contributed by atoms with van der Waals surface area (Å²) in [4.78, 5) is 20.0. The summed E-state index contributed by atoms with van der Waals surface area (Å²) in [6.45, 7) is 5.58. The van der Waals surface area contributed by atoms with Crippen LogP contribution in [0.3, 0.4) is 0 Å². The zero-order valence-electron chi connectivity index (χ0n) is 15.8. The standard InChI is InChI=1S/C19H23N5O3S/c1-12-10-21-17(22-12)9-14-18-15(23-19(14)25)5-3-6-16(18)28(26,27)24-8-4-7-20-11-13(24)2/h3,5-6,9-10,13,20H,4,7-8,11H2,1-2H3,(H,21,22)(H,23,25). The molecule has 1 fully saturated rings. The number of carbonyl (C=O) groups is 1. The maximum absolute atomic E-state index is 13.5. The Balaban J connectivity index is 1.84. The van der Waals surface area contributed by atoms with Gasteiger partial charge in [-0.15, -0.1) is 0 Å². The monoisotopic (exact) mass is 401 g/mol. The van der Waals surface area contributed by atoms with Crippen LogP contribution in [0.5, 0.6) is 0 Å². The largest absolute Gasteiger partial charge is 0.343 e. The summed E-state index contributed by atoms with van der Waals surface area (Å²) in [6, 6.07) is 4.77. The molecule has 2 aromatic rings. The molecule has 1 amide bonds. The Kier molecular flexibility index (Phi) is 4.82. The van der Waals surface area contributed by atoms with Crippen LogP contribution in [0.15, 0.2) is 29.3 Å². The van der Waals surface area contributed by atoms with Crippen molar-refractivity contribution in [1.29, 1.82) is 0 Å². The number of amides is 1. The number of H-pyrrole nitrogens is 1. The maximum atomic E-state index is 13.5. The molecule has 1 aromatic carbocycles. The van der Waals surface area contributed by atoms with Gasteiger partial charge >= 0.3 is 0 Å². The number of aromatic nitrogens is 2. The predicted molar refractivity (Wildman–Crippen MR) is 107 cm³/mol. The van der Waals surface area contributed by atoms with Gasteiger partial charge in [0.05, 0.1) is 16.2 Å². The molecular weight excluding hydrogens is 378 g/mol. The fraction of sp³-hybridized carbons (Fsp3) is 0.368. The van der Waals surface area contributed by atoms with Gasteiger partial charge in [-0.05, 0) is 45.0 Å². The molecule has 28 heavy (non-hydrogen) atoms. The number of anilines is 1. The second kappa shape index (κ2) is 7.16. The molecule has 3 heterocycles. The third-order valence-electron chi connectivity index (χ3n) is 5.04. The van der Waals surface area contributed by atoms with Crippen molar-refractivity contribution >= 4 is 33.3 Å². The van der Waals surface area contributed by atoms with E-state index in [-0.39, 0.29) is 16.8 Å². The highest BCUT2D eigenvalue weighted by Gasteiger charge is 2.36. The van der Waals surface area contributed by atoms with E-state index in [2.05, 4.69) is 20.6 Å². The SMILES string of the molecule is Cc1cnc(C=C2C(=O)Nc3cccc(S(=O)(=O)N4CCCNCC4C)c32)[nH]1. The molecule has 0 aliphatic carbocycles. The third kappa shape index (κ3) is 3.25. The zero-order chi connectivity index (χ0) is 19.9. The summed E-state index contributed by atoms with van der Waals surface area (Å²) in [5.41, 5.74) is 2.06. The number of aromatic amines is 1. The van der Waals surface area contributed by atoms with E-state index in [0.717, 1.165) is 18.7 Å². The number of fused-ring (bicyclic) bond motifs is 1. The summed E-state index contributed by atoms with van der Waals surface area (Å²) < 4.78 is 28.6. The fourth-order valence-corrected chi connectivity index (χ4v) is 5.59. The Bertz CT molecular complexity index is 1060. The van der Waals surface area contributed by atoms with Gasteiger partial charge in [-0.25, -0.2) is 13.4 Å². The van der Waals surface area contributed by atoms with Gasteiger partial charge in [0.25, 0.3) is 5.91 Å². The molecular formula is C19H23N5O3S. The lowest BCUT2D eigenvalue weighted by molar-refractivity contribution is -0.110. The Labute approximate surface area is 164 Å². The van der Waals surface area contributed by atoms with Gasteiger partial charge in [0.15, 0.2) is 0 Å². The summed E-state index contributed by atoms with van der Waals surface area (Å²) in [6.07, 6.45) is 4.00. The van der Waals surface area contributed by atoms with Crippen molar-refractivity contribution in [3.8, 4) is 0 Å². The Morgan fingerprint density at radius 1 is 1.32 bits per heavy atom. The smallest absolute Gasteiger partial charge is 0.256 e. The third-order valence-corrected chi connectivity index (χ3v) is 7.10. The van der Waals surface area contributed by atoms with Gasteiger partial charge in [-0.3, -0.25) is 4.79 Å². The van der Waals surface area contributed by atoms with Crippen molar-refractivity contribution < 1.29 is 13.2 Å². The number of imidazole rings is 1.